The molecule has 7 unspecified atom stereocenters. The van der Waals surface area contributed by atoms with Crippen molar-refractivity contribution < 1.29 is 96.4 Å². The standard InChI is InChI=1S/C40H60BO14.Na/c1-21-15-17-31-37(5,6)29(42)13-9-11-26-20-28(24(4)47-26)49-36(45)34-40-22(2)16-18-32(51-40)38(7,8)30(43)14-10-12-25-19-27(23(3)46-25)48-35(44)33-39(21,50-31)54-41(52-33,53-34)55-40;/h9-12,21-34,42-43H,13-20H2,1-8H3;/q-1;+1/b11-9+,12-10+;/t21-,22-,23-,24-,25-,26?,27+,28?,29-,30-,31+,32+,33?,34?,39?,40?,41?;/m1./s1. The molecule has 8 aliphatic rings. The summed E-state index contributed by atoms with van der Waals surface area (Å²) in [6, 6.07) is 0. The molecule has 14 nitrogen and oxygen atoms in total. The Balaban J connectivity index is 0.00000480. The molecule has 0 amide bonds. The summed E-state index contributed by atoms with van der Waals surface area (Å²) in [4.78, 5) is 29.2. The molecule has 8 heterocycles. The van der Waals surface area contributed by atoms with E-state index in [9.17, 15) is 19.8 Å². The summed E-state index contributed by atoms with van der Waals surface area (Å²) in [7, 11) is 0. The molecule has 3 spiro atoms. The molecule has 0 aromatic carbocycles. The van der Waals surface area contributed by atoms with E-state index in [0.29, 0.717) is 51.4 Å². The van der Waals surface area contributed by atoms with Gasteiger partial charge in [-0.2, -0.15) is 0 Å². The summed E-state index contributed by atoms with van der Waals surface area (Å²) in [6.45, 7) is 11.8. The Morgan fingerprint density at radius 3 is 1.43 bits per heavy atom. The third-order valence-electron chi connectivity index (χ3n) is 14.3. The number of aliphatic hydroxyl groups is 2. The van der Waals surface area contributed by atoms with E-state index in [-0.39, 0.29) is 41.8 Å². The fourth-order valence-electron chi connectivity index (χ4n) is 10.1. The Bertz CT molecular complexity index is 1450. The van der Waals surface area contributed by atoms with Crippen LogP contribution in [0.2, 0.25) is 0 Å². The van der Waals surface area contributed by atoms with Crippen molar-refractivity contribution in [1.29, 1.82) is 0 Å². The molecule has 0 aliphatic carbocycles. The average Bonchev–Trinajstić information content (AvgIpc) is 3.84. The fraction of sp³-hybridized carbons (Fsp3) is 0.850. The number of rotatable bonds is 0. The Hall–Kier alpha value is -0.915. The minimum atomic E-state index is -3.42. The Kier molecular flexibility index (Phi) is 12.0. The molecule has 0 saturated carbocycles. The molecule has 6 saturated heterocycles. The van der Waals surface area contributed by atoms with Gasteiger partial charge in [-0.1, -0.05) is 65.8 Å². The summed E-state index contributed by atoms with van der Waals surface area (Å²) in [5.41, 5.74) is -1.64. The molecular weight excluding hydrogens is 738 g/mol. The predicted octanol–water partition coefficient (Wildman–Crippen LogP) is 1.15. The Morgan fingerprint density at radius 1 is 0.643 bits per heavy atom. The van der Waals surface area contributed by atoms with Gasteiger partial charge in [-0.25, -0.2) is 9.59 Å². The quantitative estimate of drug-likeness (QED) is 0.204. The largest absolute Gasteiger partial charge is 1.00 e. The third kappa shape index (κ3) is 7.23. The first-order valence-electron chi connectivity index (χ1n) is 20.5. The van der Waals surface area contributed by atoms with Gasteiger partial charge in [0.1, 0.15) is 12.2 Å². The van der Waals surface area contributed by atoms with Gasteiger partial charge in [-0.3, -0.25) is 0 Å². The molecule has 2 N–H and O–H groups in total. The van der Waals surface area contributed by atoms with Crippen LogP contribution in [0.25, 0.3) is 0 Å². The summed E-state index contributed by atoms with van der Waals surface area (Å²) in [5.74, 6) is -6.02. The van der Waals surface area contributed by atoms with Crippen molar-refractivity contribution in [2.45, 2.75) is 192 Å². The third-order valence-corrected chi connectivity index (χ3v) is 14.3. The van der Waals surface area contributed by atoms with Crippen LogP contribution < -0.4 is 29.6 Å². The Morgan fingerprint density at radius 2 is 1.04 bits per heavy atom. The molecule has 8 rings (SSSR count). The molecule has 0 aromatic rings. The number of hydrogen-bond acceptors (Lipinski definition) is 14. The van der Waals surface area contributed by atoms with Gasteiger partial charge in [0.2, 0.25) is 0 Å². The van der Waals surface area contributed by atoms with E-state index >= 15 is 0 Å². The van der Waals surface area contributed by atoms with Crippen LogP contribution in [0.1, 0.15) is 107 Å². The number of aliphatic hydroxyl groups excluding tert-OH is 2. The minimum Gasteiger partial charge on any atom is -0.504 e. The molecule has 17 atom stereocenters. The number of fused-ring (bicyclic) bond motifs is 8. The SMILES string of the molecule is C[C@@H]1CC[C@@H]2OC13O[B-]14OC3C(=O)OC3CC(/C=C/C[C@@H](O)C(C)(C)[C@@H]5CC[C@@H](C)C(O5)(O1)C(O4)C(=O)O[C@H]1C[C@@H](/C=C/C[C@@H](O)C2(C)C)O[C@@H]1C)O[C@@H]3C.[Na+]. The number of esters is 2. The van der Waals surface area contributed by atoms with Crippen LogP contribution in [0.5, 0.6) is 0 Å². The van der Waals surface area contributed by atoms with Gasteiger partial charge in [0.05, 0.1) is 48.8 Å². The van der Waals surface area contributed by atoms with E-state index in [1.807, 2.05) is 79.7 Å². The molecule has 11 bridgehead atoms. The maximum atomic E-state index is 14.6. The van der Waals surface area contributed by atoms with Crippen LogP contribution in [0, 0.1) is 22.7 Å². The van der Waals surface area contributed by atoms with E-state index in [2.05, 4.69) is 0 Å². The van der Waals surface area contributed by atoms with Crippen molar-refractivity contribution in [3.63, 3.8) is 0 Å². The van der Waals surface area contributed by atoms with E-state index < -0.39 is 114 Å². The van der Waals surface area contributed by atoms with E-state index in [1.54, 1.807) is 0 Å². The molecule has 0 radical (unpaired) electrons. The minimum absolute atomic E-state index is 0. The Labute approximate surface area is 352 Å². The zero-order chi connectivity index (χ0) is 39.3. The first-order valence-corrected chi connectivity index (χ1v) is 20.5. The van der Waals surface area contributed by atoms with Crippen molar-refractivity contribution in [2.24, 2.45) is 22.7 Å². The topological polar surface area (TPSA) is 167 Å². The molecular formula is C40H60BNaO14. The number of ether oxygens (including phenoxy) is 6. The maximum Gasteiger partial charge on any atom is 1.00 e. The molecule has 6 fully saturated rings. The van der Waals surface area contributed by atoms with Gasteiger partial charge in [0.15, 0.2) is 23.8 Å². The molecule has 16 heteroatoms. The van der Waals surface area contributed by atoms with Crippen molar-refractivity contribution in [3.8, 4) is 0 Å². The monoisotopic (exact) mass is 798 g/mol. The van der Waals surface area contributed by atoms with Gasteiger partial charge < -0.3 is 57.3 Å². The fourth-order valence-corrected chi connectivity index (χ4v) is 10.1. The van der Waals surface area contributed by atoms with Crippen LogP contribution in [0.15, 0.2) is 24.3 Å². The summed E-state index contributed by atoms with van der Waals surface area (Å²) in [6.07, 6.45) is 2.49. The van der Waals surface area contributed by atoms with Crippen molar-refractivity contribution in [1.82, 2.24) is 0 Å². The van der Waals surface area contributed by atoms with Crippen molar-refractivity contribution in [3.05, 3.63) is 24.3 Å². The first kappa shape index (κ1) is 43.2. The zero-order valence-corrected chi connectivity index (χ0v) is 36.4. The van der Waals surface area contributed by atoms with Gasteiger partial charge in [-0.05, 0) is 52.4 Å². The van der Waals surface area contributed by atoms with Gasteiger partial charge in [0, 0.05) is 35.5 Å². The van der Waals surface area contributed by atoms with Crippen LogP contribution in [-0.4, -0.2) is 114 Å². The van der Waals surface area contributed by atoms with Crippen LogP contribution >= 0.6 is 0 Å². The van der Waals surface area contributed by atoms with Crippen LogP contribution in [0.4, 0.5) is 0 Å². The van der Waals surface area contributed by atoms with Gasteiger partial charge in [0.25, 0.3) is 0 Å². The smallest absolute Gasteiger partial charge is 0.504 e. The van der Waals surface area contributed by atoms with Crippen LogP contribution in [-0.2, 0) is 56.6 Å². The second-order valence-corrected chi connectivity index (χ2v) is 18.6. The van der Waals surface area contributed by atoms with E-state index in [0.717, 1.165) is 0 Å². The molecule has 0 aromatic heterocycles. The van der Waals surface area contributed by atoms with E-state index in [4.69, 9.17) is 47.0 Å². The number of hydrogen-bond donors (Lipinski definition) is 2. The number of carbonyl (C=O) groups is 2. The number of carbonyl (C=O) groups excluding carboxylic acids is 2. The summed E-state index contributed by atoms with van der Waals surface area (Å²) < 4.78 is 65.8. The first-order chi connectivity index (χ1) is 25.9. The molecule has 56 heavy (non-hydrogen) atoms. The van der Waals surface area contributed by atoms with Gasteiger partial charge >= 0.3 is 48.5 Å². The van der Waals surface area contributed by atoms with Crippen LogP contribution in [0.3, 0.4) is 0 Å². The molecule has 308 valence electrons. The summed E-state index contributed by atoms with van der Waals surface area (Å²) in [5, 5.41) is 23.3. The normalized spacial score (nSPS) is 52.3. The zero-order valence-electron chi connectivity index (χ0n) is 34.4. The molecule has 8 aliphatic heterocycles. The van der Waals surface area contributed by atoms with Crippen molar-refractivity contribution >= 4 is 18.9 Å². The van der Waals surface area contributed by atoms with E-state index in [1.165, 1.54) is 0 Å². The predicted molar refractivity (Wildman–Crippen MR) is 194 cm³/mol. The van der Waals surface area contributed by atoms with Crippen molar-refractivity contribution in [2.75, 3.05) is 0 Å². The van der Waals surface area contributed by atoms with Gasteiger partial charge in [-0.15, -0.1) is 0 Å². The maximum absolute atomic E-state index is 14.6. The summed E-state index contributed by atoms with van der Waals surface area (Å²) >= 11 is 0. The second-order valence-electron chi connectivity index (χ2n) is 18.6. The second kappa shape index (κ2) is 15.5. The average molecular weight is 799 g/mol.